The monoisotopic (exact) mass is 529 g/mol. The molecule has 210 valence electrons. The van der Waals surface area contributed by atoms with E-state index in [0.29, 0.717) is 19.4 Å². The van der Waals surface area contributed by atoms with Gasteiger partial charge in [-0.2, -0.15) is 0 Å². The van der Waals surface area contributed by atoms with E-state index >= 15 is 0 Å². The summed E-state index contributed by atoms with van der Waals surface area (Å²) in [5, 5.41) is 8.31. The summed E-state index contributed by atoms with van der Waals surface area (Å²) in [6, 6.07) is 7.65. The number of nitrogens with one attached hydrogen (secondary N) is 3. The molecule has 1 aromatic carbocycles. The van der Waals surface area contributed by atoms with Crippen LogP contribution in [0, 0.1) is 17.3 Å². The first kappa shape index (κ1) is 29.5. The van der Waals surface area contributed by atoms with Gasteiger partial charge in [0.05, 0.1) is 7.11 Å². The number of benzene rings is 1. The Balaban J connectivity index is 1.74. The van der Waals surface area contributed by atoms with Gasteiger partial charge in [0.25, 0.3) is 0 Å². The molecule has 2 aliphatic rings. The van der Waals surface area contributed by atoms with E-state index in [9.17, 15) is 19.2 Å². The molecule has 0 aromatic heterocycles. The fraction of sp³-hybridized carbons (Fsp3) is 0.655. The van der Waals surface area contributed by atoms with Crippen molar-refractivity contribution in [3.05, 3.63) is 35.9 Å². The minimum absolute atomic E-state index is 0.136. The van der Waals surface area contributed by atoms with Gasteiger partial charge in [-0.3, -0.25) is 9.59 Å². The van der Waals surface area contributed by atoms with Crippen molar-refractivity contribution < 1.29 is 28.7 Å². The van der Waals surface area contributed by atoms with Gasteiger partial charge in [0.15, 0.2) is 0 Å². The van der Waals surface area contributed by atoms with Crippen molar-refractivity contribution in [3.8, 4) is 0 Å². The van der Waals surface area contributed by atoms with E-state index in [-0.39, 0.29) is 29.6 Å². The Labute approximate surface area is 225 Å². The fourth-order valence-electron chi connectivity index (χ4n) is 5.43. The third-order valence-electron chi connectivity index (χ3n) is 7.50. The second kappa shape index (κ2) is 13.6. The predicted molar refractivity (Wildman–Crippen MR) is 143 cm³/mol. The summed E-state index contributed by atoms with van der Waals surface area (Å²) in [5.74, 6) is -1.33. The minimum Gasteiger partial charge on any atom is -0.467 e. The number of carbonyl (C=O) groups excluding carboxylic acids is 4. The van der Waals surface area contributed by atoms with E-state index in [4.69, 9.17) is 9.47 Å². The molecule has 0 spiro atoms. The summed E-state index contributed by atoms with van der Waals surface area (Å²) in [6.07, 6.45) is 5.29. The van der Waals surface area contributed by atoms with E-state index in [1.165, 1.54) is 13.5 Å². The van der Waals surface area contributed by atoms with Gasteiger partial charge < -0.3 is 25.4 Å². The van der Waals surface area contributed by atoms with Gasteiger partial charge in [-0.25, -0.2) is 9.59 Å². The third-order valence-corrected chi connectivity index (χ3v) is 7.50. The van der Waals surface area contributed by atoms with Crippen LogP contribution in [-0.4, -0.2) is 49.6 Å². The molecule has 1 saturated carbocycles. The van der Waals surface area contributed by atoms with Crippen LogP contribution in [0.25, 0.3) is 0 Å². The Hall–Kier alpha value is -3.10. The standard InChI is InChI=1S/C29H43N3O6/c1-29(2,3)24(20-13-9-6-10-14-20)38-28(36)32-22(17-19-11-7-5-8-12-19)26(34)31-23(27(35)37-4)18-21-15-16-30-25(21)33/h6,9-10,13-14,19,21-24H,5,7-8,11-12,15-18H2,1-4H3,(H,30,33)(H,31,34)(H,32,36)/t21?,22-,23-,24?/m0/s1. The molecule has 2 unspecified atom stereocenters. The highest BCUT2D eigenvalue weighted by molar-refractivity contribution is 5.90. The minimum atomic E-state index is -0.986. The summed E-state index contributed by atoms with van der Waals surface area (Å²) in [7, 11) is 1.25. The average molecular weight is 530 g/mol. The van der Waals surface area contributed by atoms with E-state index in [1.54, 1.807) is 0 Å². The number of esters is 1. The molecule has 3 rings (SSSR count). The number of alkyl carbamates (subject to hydrolysis) is 1. The molecular weight excluding hydrogens is 486 g/mol. The van der Waals surface area contributed by atoms with Crippen LogP contribution in [0.15, 0.2) is 30.3 Å². The summed E-state index contributed by atoms with van der Waals surface area (Å²) in [5.41, 5.74) is 0.488. The molecule has 3 N–H and O–H groups in total. The average Bonchev–Trinajstić information content (AvgIpc) is 3.30. The lowest BCUT2D eigenvalue weighted by Crippen LogP contribution is -2.53. The maximum Gasteiger partial charge on any atom is 0.408 e. The Bertz CT molecular complexity index is 955. The van der Waals surface area contributed by atoms with Crippen molar-refractivity contribution in [2.45, 2.75) is 90.3 Å². The van der Waals surface area contributed by atoms with Crippen LogP contribution < -0.4 is 16.0 Å². The third kappa shape index (κ3) is 8.46. The van der Waals surface area contributed by atoms with Crippen molar-refractivity contribution in [1.29, 1.82) is 0 Å². The highest BCUT2D eigenvalue weighted by atomic mass is 16.6. The molecule has 9 nitrogen and oxygen atoms in total. The molecule has 0 bridgehead atoms. The molecule has 2 fully saturated rings. The number of ether oxygens (including phenoxy) is 2. The summed E-state index contributed by atoms with van der Waals surface area (Å²) in [6.45, 7) is 6.51. The number of amides is 3. The highest BCUT2D eigenvalue weighted by Crippen LogP contribution is 2.36. The van der Waals surface area contributed by atoms with Crippen LogP contribution in [0.2, 0.25) is 0 Å². The molecule has 0 radical (unpaired) electrons. The van der Waals surface area contributed by atoms with Crippen molar-refractivity contribution in [3.63, 3.8) is 0 Å². The van der Waals surface area contributed by atoms with Crippen LogP contribution in [0.4, 0.5) is 4.79 Å². The van der Waals surface area contributed by atoms with Crippen LogP contribution in [-0.2, 0) is 23.9 Å². The second-order valence-electron chi connectivity index (χ2n) is 11.6. The Morgan fingerprint density at radius 2 is 1.66 bits per heavy atom. The SMILES string of the molecule is COC(=O)[C@H](CC1CCNC1=O)NC(=O)[C@H](CC1CCCCC1)NC(=O)OC(c1ccccc1)C(C)(C)C. The molecule has 38 heavy (non-hydrogen) atoms. The zero-order valence-corrected chi connectivity index (χ0v) is 23.1. The summed E-state index contributed by atoms with van der Waals surface area (Å²) >= 11 is 0. The Morgan fingerprint density at radius 1 is 0.974 bits per heavy atom. The van der Waals surface area contributed by atoms with Crippen LogP contribution >= 0.6 is 0 Å². The first-order chi connectivity index (χ1) is 18.1. The molecule has 4 atom stereocenters. The fourth-order valence-corrected chi connectivity index (χ4v) is 5.43. The zero-order chi connectivity index (χ0) is 27.7. The molecule has 3 amide bonds. The van der Waals surface area contributed by atoms with Gasteiger partial charge in [-0.05, 0) is 30.7 Å². The largest absolute Gasteiger partial charge is 0.467 e. The molecule has 1 aliphatic carbocycles. The van der Waals surface area contributed by atoms with Crippen molar-refractivity contribution in [1.82, 2.24) is 16.0 Å². The zero-order valence-electron chi connectivity index (χ0n) is 23.1. The van der Waals surface area contributed by atoms with E-state index in [1.807, 2.05) is 51.1 Å². The molecular formula is C29H43N3O6. The molecule has 9 heteroatoms. The van der Waals surface area contributed by atoms with Gasteiger partial charge in [-0.1, -0.05) is 83.2 Å². The first-order valence-corrected chi connectivity index (χ1v) is 13.8. The normalized spacial score (nSPS) is 20.5. The van der Waals surface area contributed by atoms with E-state index in [0.717, 1.165) is 31.2 Å². The lowest BCUT2D eigenvalue weighted by atomic mass is 9.84. The van der Waals surface area contributed by atoms with Crippen molar-refractivity contribution in [2.75, 3.05) is 13.7 Å². The van der Waals surface area contributed by atoms with Gasteiger partial charge in [0, 0.05) is 17.9 Å². The second-order valence-corrected chi connectivity index (χ2v) is 11.6. The number of rotatable bonds is 10. The Kier molecular flexibility index (Phi) is 10.6. The molecule has 1 aliphatic heterocycles. The smallest absolute Gasteiger partial charge is 0.408 e. The van der Waals surface area contributed by atoms with E-state index < -0.39 is 36.2 Å². The highest BCUT2D eigenvalue weighted by Gasteiger charge is 2.36. The first-order valence-electron chi connectivity index (χ1n) is 13.8. The van der Waals surface area contributed by atoms with E-state index in [2.05, 4.69) is 16.0 Å². The summed E-state index contributed by atoms with van der Waals surface area (Å²) in [4.78, 5) is 51.3. The quantitative estimate of drug-likeness (QED) is 0.394. The lowest BCUT2D eigenvalue weighted by Gasteiger charge is -2.32. The molecule has 1 saturated heterocycles. The summed E-state index contributed by atoms with van der Waals surface area (Å²) < 4.78 is 10.8. The number of carbonyl (C=O) groups is 4. The van der Waals surface area contributed by atoms with Gasteiger partial charge in [0.1, 0.15) is 18.2 Å². The molecule has 1 heterocycles. The van der Waals surface area contributed by atoms with Crippen LogP contribution in [0.5, 0.6) is 0 Å². The number of hydrogen-bond donors (Lipinski definition) is 3. The maximum absolute atomic E-state index is 13.5. The van der Waals surface area contributed by atoms with Gasteiger partial charge in [-0.15, -0.1) is 0 Å². The topological polar surface area (TPSA) is 123 Å². The number of hydrogen-bond acceptors (Lipinski definition) is 6. The van der Waals surface area contributed by atoms with Gasteiger partial charge >= 0.3 is 12.1 Å². The molecule has 1 aromatic rings. The van der Waals surface area contributed by atoms with Crippen molar-refractivity contribution >= 4 is 23.9 Å². The van der Waals surface area contributed by atoms with Crippen molar-refractivity contribution in [2.24, 2.45) is 17.3 Å². The lowest BCUT2D eigenvalue weighted by molar-refractivity contribution is -0.146. The van der Waals surface area contributed by atoms with Gasteiger partial charge in [0.2, 0.25) is 11.8 Å². The van der Waals surface area contributed by atoms with Crippen LogP contribution in [0.1, 0.15) is 83.8 Å². The Morgan fingerprint density at radius 3 is 2.24 bits per heavy atom. The number of methoxy groups -OCH3 is 1. The maximum atomic E-state index is 13.5. The van der Waals surface area contributed by atoms with Crippen LogP contribution in [0.3, 0.4) is 0 Å². The predicted octanol–water partition coefficient (Wildman–Crippen LogP) is 4.02.